The summed E-state index contributed by atoms with van der Waals surface area (Å²) in [6.07, 6.45) is 3.97. The molecule has 0 aliphatic rings. The highest BCUT2D eigenvalue weighted by molar-refractivity contribution is 7.98. The Morgan fingerprint density at radius 1 is 1.57 bits per heavy atom. The van der Waals surface area contributed by atoms with Crippen LogP contribution in [0.3, 0.4) is 0 Å². The molecule has 0 saturated carbocycles. The molecule has 1 unspecified atom stereocenters. The van der Waals surface area contributed by atoms with Gasteiger partial charge in [-0.15, -0.1) is 0 Å². The third-order valence-corrected chi connectivity index (χ3v) is 2.87. The van der Waals surface area contributed by atoms with E-state index in [2.05, 4.69) is 6.92 Å². The molecule has 0 aliphatic carbocycles. The molecule has 0 rings (SSSR count). The van der Waals surface area contributed by atoms with Crippen LogP contribution >= 0.6 is 11.8 Å². The van der Waals surface area contributed by atoms with E-state index >= 15 is 0 Å². The Bertz CT molecular complexity index is 164. The van der Waals surface area contributed by atoms with E-state index in [1.165, 1.54) is 0 Å². The van der Waals surface area contributed by atoms with Crippen LogP contribution in [0.15, 0.2) is 0 Å². The highest BCUT2D eigenvalue weighted by Crippen LogP contribution is 2.08. The molecule has 0 spiro atoms. The molecule has 0 radical (unpaired) electrons. The molecule has 4 heteroatoms. The van der Waals surface area contributed by atoms with Crippen molar-refractivity contribution in [3.63, 3.8) is 0 Å². The Hall–Kier alpha value is -0.220. The predicted octanol–water partition coefficient (Wildman–Crippen LogP) is 1.18. The number of carbonyl (C=O) groups excluding carboxylic acids is 1. The Balaban J connectivity index is 3.99. The van der Waals surface area contributed by atoms with E-state index in [1.807, 2.05) is 13.3 Å². The van der Waals surface area contributed by atoms with Crippen molar-refractivity contribution in [2.24, 2.45) is 11.7 Å². The smallest absolute Gasteiger partial charge is 0.226 e. The van der Waals surface area contributed by atoms with Crippen LogP contribution in [0.2, 0.25) is 0 Å². The molecule has 0 saturated heterocycles. The van der Waals surface area contributed by atoms with Crippen LogP contribution in [-0.2, 0) is 4.79 Å². The SMILES string of the molecule is CCCC(CN)C(=O)N(C)CCSC. The number of thioether (sulfide) groups is 1. The van der Waals surface area contributed by atoms with Crippen molar-refractivity contribution in [1.82, 2.24) is 4.90 Å². The molecule has 1 amide bonds. The zero-order valence-corrected chi connectivity index (χ0v) is 10.3. The van der Waals surface area contributed by atoms with Crippen molar-refractivity contribution in [2.45, 2.75) is 19.8 Å². The lowest BCUT2D eigenvalue weighted by molar-refractivity contribution is -0.133. The maximum absolute atomic E-state index is 11.8. The molecule has 0 aliphatic heterocycles. The molecular formula is C10H22N2OS. The summed E-state index contributed by atoms with van der Waals surface area (Å²) < 4.78 is 0. The summed E-state index contributed by atoms with van der Waals surface area (Å²) in [5.41, 5.74) is 5.57. The van der Waals surface area contributed by atoms with Crippen LogP contribution in [0.5, 0.6) is 0 Å². The summed E-state index contributed by atoms with van der Waals surface area (Å²) in [4.78, 5) is 13.6. The Kier molecular flexibility index (Phi) is 7.99. The molecule has 0 aromatic heterocycles. The third-order valence-electron chi connectivity index (χ3n) is 2.28. The average Bonchev–Trinajstić information content (AvgIpc) is 2.21. The highest BCUT2D eigenvalue weighted by atomic mass is 32.2. The minimum atomic E-state index is 0.0202. The van der Waals surface area contributed by atoms with E-state index in [-0.39, 0.29) is 11.8 Å². The van der Waals surface area contributed by atoms with Gasteiger partial charge >= 0.3 is 0 Å². The second-order valence-corrected chi connectivity index (χ2v) is 4.46. The van der Waals surface area contributed by atoms with Crippen molar-refractivity contribution >= 4 is 17.7 Å². The number of rotatable bonds is 7. The molecule has 0 bridgehead atoms. The Labute approximate surface area is 91.4 Å². The van der Waals surface area contributed by atoms with E-state index in [0.29, 0.717) is 6.54 Å². The lowest BCUT2D eigenvalue weighted by Gasteiger charge is -2.22. The number of amides is 1. The first kappa shape index (κ1) is 13.8. The molecular weight excluding hydrogens is 196 g/mol. The zero-order valence-electron chi connectivity index (χ0n) is 9.45. The number of carbonyl (C=O) groups is 1. The maximum Gasteiger partial charge on any atom is 0.226 e. The second kappa shape index (κ2) is 8.12. The van der Waals surface area contributed by atoms with Gasteiger partial charge < -0.3 is 10.6 Å². The standard InChI is InChI=1S/C10H22N2OS/c1-4-5-9(8-11)10(13)12(2)6-7-14-3/h9H,4-8,11H2,1-3H3. The third kappa shape index (κ3) is 4.86. The topological polar surface area (TPSA) is 46.3 Å². The summed E-state index contributed by atoms with van der Waals surface area (Å²) in [5.74, 6) is 1.21. The maximum atomic E-state index is 11.8. The van der Waals surface area contributed by atoms with Gasteiger partial charge in [-0.25, -0.2) is 0 Å². The lowest BCUT2D eigenvalue weighted by Crippen LogP contribution is -2.37. The summed E-state index contributed by atoms with van der Waals surface area (Å²) in [6, 6.07) is 0. The first-order valence-corrected chi connectivity index (χ1v) is 6.50. The fourth-order valence-electron chi connectivity index (χ4n) is 1.34. The van der Waals surface area contributed by atoms with Gasteiger partial charge in [-0.1, -0.05) is 13.3 Å². The summed E-state index contributed by atoms with van der Waals surface area (Å²) >= 11 is 1.75. The van der Waals surface area contributed by atoms with Crippen molar-refractivity contribution in [1.29, 1.82) is 0 Å². The molecule has 2 N–H and O–H groups in total. The van der Waals surface area contributed by atoms with Crippen molar-refractivity contribution in [3.05, 3.63) is 0 Å². The number of nitrogens with two attached hydrogens (primary N) is 1. The van der Waals surface area contributed by atoms with Gasteiger partial charge in [0.1, 0.15) is 0 Å². The number of hydrogen-bond donors (Lipinski definition) is 1. The van der Waals surface area contributed by atoms with E-state index in [1.54, 1.807) is 16.7 Å². The van der Waals surface area contributed by atoms with E-state index < -0.39 is 0 Å². The summed E-state index contributed by atoms with van der Waals surface area (Å²) in [6.45, 7) is 3.37. The minimum absolute atomic E-state index is 0.0202. The minimum Gasteiger partial charge on any atom is -0.345 e. The average molecular weight is 218 g/mol. The molecule has 14 heavy (non-hydrogen) atoms. The molecule has 0 aromatic carbocycles. The lowest BCUT2D eigenvalue weighted by atomic mass is 10.0. The van der Waals surface area contributed by atoms with E-state index in [0.717, 1.165) is 25.1 Å². The van der Waals surface area contributed by atoms with Crippen LogP contribution in [0.1, 0.15) is 19.8 Å². The Morgan fingerprint density at radius 3 is 2.64 bits per heavy atom. The molecule has 84 valence electrons. The van der Waals surface area contributed by atoms with Crippen molar-refractivity contribution in [2.75, 3.05) is 32.1 Å². The fourth-order valence-corrected chi connectivity index (χ4v) is 1.80. The van der Waals surface area contributed by atoms with Gasteiger partial charge in [0.2, 0.25) is 5.91 Å². The quantitative estimate of drug-likeness (QED) is 0.698. The largest absolute Gasteiger partial charge is 0.345 e. The predicted molar refractivity (Wildman–Crippen MR) is 63.5 cm³/mol. The molecule has 0 fully saturated rings. The van der Waals surface area contributed by atoms with Crippen LogP contribution in [0, 0.1) is 5.92 Å². The molecule has 3 nitrogen and oxygen atoms in total. The summed E-state index contributed by atoms with van der Waals surface area (Å²) in [7, 11) is 1.86. The van der Waals surface area contributed by atoms with E-state index in [9.17, 15) is 4.79 Å². The van der Waals surface area contributed by atoms with Gasteiger partial charge in [0.05, 0.1) is 5.92 Å². The van der Waals surface area contributed by atoms with Gasteiger partial charge in [-0.05, 0) is 12.7 Å². The molecule has 0 heterocycles. The Morgan fingerprint density at radius 2 is 2.21 bits per heavy atom. The summed E-state index contributed by atoms with van der Waals surface area (Å²) in [5, 5.41) is 0. The normalized spacial score (nSPS) is 12.6. The second-order valence-electron chi connectivity index (χ2n) is 3.47. The fraction of sp³-hybridized carbons (Fsp3) is 0.900. The molecule has 0 aromatic rings. The van der Waals surface area contributed by atoms with Gasteiger partial charge in [-0.2, -0.15) is 11.8 Å². The number of nitrogens with zero attached hydrogens (tertiary/aromatic N) is 1. The van der Waals surface area contributed by atoms with Crippen LogP contribution in [0.4, 0.5) is 0 Å². The van der Waals surface area contributed by atoms with Gasteiger partial charge in [-0.3, -0.25) is 4.79 Å². The van der Waals surface area contributed by atoms with Crippen LogP contribution in [0.25, 0.3) is 0 Å². The first-order valence-electron chi connectivity index (χ1n) is 5.11. The number of hydrogen-bond acceptors (Lipinski definition) is 3. The monoisotopic (exact) mass is 218 g/mol. The van der Waals surface area contributed by atoms with Gasteiger partial charge in [0, 0.05) is 25.9 Å². The highest BCUT2D eigenvalue weighted by Gasteiger charge is 2.18. The van der Waals surface area contributed by atoms with E-state index in [4.69, 9.17) is 5.73 Å². The van der Waals surface area contributed by atoms with Gasteiger partial charge in [0.25, 0.3) is 0 Å². The first-order chi connectivity index (χ1) is 6.67. The van der Waals surface area contributed by atoms with Crippen LogP contribution < -0.4 is 5.73 Å². The van der Waals surface area contributed by atoms with Crippen molar-refractivity contribution < 1.29 is 4.79 Å². The zero-order chi connectivity index (χ0) is 11.0. The van der Waals surface area contributed by atoms with Crippen LogP contribution in [-0.4, -0.2) is 43.0 Å². The van der Waals surface area contributed by atoms with Crippen molar-refractivity contribution in [3.8, 4) is 0 Å². The molecule has 1 atom stereocenters. The van der Waals surface area contributed by atoms with Gasteiger partial charge in [0.15, 0.2) is 0 Å².